The van der Waals surface area contributed by atoms with Crippen LogP contribution >= 0.6 is 11.6 Å². The number of pyridine rings is 1. The predicted octanol–water partition coefficient (Wildman–Crippen LogP) is 1.99. The molecule has 0 saturated carbocycles. The Labute approximate surface area is 84.8 Å². The Bertz CT molecular complexity index is 519. The third-order valence-corrected chi connectivity index (χ3v) is 2.19. The second-order valence-corrected chi connectivity index (χ2v) is 3.41. The first-order valence-corrected chi connectivity index (χ1v) is 4.34. The zero-order valence-corrected chi connectivity index (χ0v) is 8.12. The van der Waals surface area contributed by atoms with Gasteiger partial charge in [0.1, 0.15) is 0 Å². The van der Waals surface area contributed by atoms with Crippen molar-refractivity contribution in [2.45, 2.75) is 6.92 Å². The molecule has 0 amide bonds. The minimum absolute atomic E-state index is 0.116. The lowest BCUT2D eigenvalue weighted by molar-refractivity contribution is 0.0689. The molecule has 0 saturated heterocycles. The molecule has 0 bridgehead atoms. The molecule has 2 rings (SSSR count). The van der Waals surface area contributed by atoms with Crippen LogP contribution in [0.15, 0.2) is 18.5 Å². The summed E-state index contributed by atoms with van der Waals surface area (Å²) in [6.07, 6.45) is 2.99. The smallest absolute Gasteiger partial charge is 0.354 e. The number of carboxylic acid groups (broad SMARTS) is 1. The Morgan fingerprint density at radius 3 is 3.00 bits per heavy atom. The Morgan fingerprint density at radius 1 is 1.64 bits per heavy atom. The molecule has 2 heterocycles. The number of halogens is 1. The highest BCUT2D eigenvalue weighted by atomic mass is 35.5. The third kappa shape index (κ3) is 1.24. The Hall–Kier alpha value is -1.55. The summed E-state index contributed by atoms with van der Waals surface area (Å²) in [5, 5.41) is 9.31. The minimum Gasteiger partial charge on any atom is -0.477 e. The van der Waals surface area contributed by atoms with E-state index in [1.165, 1.54) is 10.6 Å². The summed E-state index contributed by atoms with van der Waals surface area (Å²) in [6, 6.07) is 1.75. The highest BCUT2D eigenvalue weighted by Gasteiger charge is 2.12. The summed E-state index contributed by atoms with van der Waals surface area (Å²) < 4.78 is 1.47. The highest BCUT2D eigenvalue weighted by molar-refractivity contribution is 6.33. The second-order valence-electron chi connectivity index (χ2n) is 3.01. The average molecular weight is 211 g/mol. The van der Waals surface area contributed by atoms with Crippen LogP contribution in [0.1, 0.15) is 16.1 Å². The number of aromatic carboxylic acids is 1. The summed E-state index contributed by atoms with van der Waals surface area (Å²) in [5.74, 6) is -1.01. The summed E-state index contributed by atoms with van der Waals surface area (Å²) in [6.45, 7) is 1.84. The van der Waals surface area contributed by atoms with Gasteiger partial charge in [-0.1, -0.05) is 11.6 Å². The molecular weight excluding hydrogens is 204 g/mol. The van der Waals surface area contributed by atoms with Gasteiger partial charge in [0, 0.05) is 6.20 Å². The fraction of sp³-hybridized carbons (Fsp3) is 0.111. The molecule has 0 spiro atoms. The molecule has 0 radical (unpaired) electrons. The maximum atomic E-state index is 10.8. The lowest BCUT2D eigenvalue weighted by Gasteiger charge is -2.00. The summed E-state index contributed by atoms with van der Waals surface area (Å²) in [5.41, 5.74) is 1.48. The van der Waals surface area contributed by atoms with Crippen LogP contribution in [0, 0.1) is 6.92 Å². The van der Waals surface area contributed by atoms with Crippen LogP contribution in [-0.2, 0) is 0 Å². The average Bonchev–Trinajstić information content (AvgIpc) is 2.47. The Balaban J connectivity index is 2.85. The zero-order chi connectivity index (χ0) is 10.3. The van der Waals surface area contributed by atoms with E-state index in [-0.39, 0.29) is 5.69 Å². The normalized spacial score (nSPS) is 10.7. The molecule has 1 N–H and O–H groups in total. The van der Waals surface area contributed by atoms with Gasteiger partial charge in [0.2, 0.25) is 0 Å². The van der Waals surface area contributed by atoms with Gasteiger partial charge in [0.25, 0.3) is 0 Å². The highest BCUT2D eigenvalue weighted by Crippen LogP contribution is 2.19. The van der Waals surface area contributed by atoms with Gasteiger partial charge >= 0.3 is 5.97 Å². The van der Waals surface area contributed by atoms with Crippen molar-refractivity contribution in [3.8, 4) is 0 Å². The van der Waals surface area contributed by atoms with Gasteiger partial charge in [0.05, 0.1) is 11.2 Å². The van der Waals surface area contributed by atoms with E-state index in [9.17, 15) is 4.79 Å². The number of nitrogens with zero attached hydrogens (tertiary/aromatic N) is 2. The molecule has 0 atom stereocenters. The molecule has 0 fully saturated rings. The van der Waals surface area contributed by atoms with E-state index in [0.717, 1.165) is 5.56 Å². The molecule has 0 aliphatic carbocycles. The van der Waals surface area contributed by atoms with E-state index < -0.39 is 5.97 Å². The Morgan fingerprint density at radius 2 is 2.36 bits per heavy atom. The van der Waals surface area contributed by atoms with E-state index >= 15 is 0 Å². The molecule has 2 aromatic rings. The van der Waals surface area contributed by atoms with Crippen molar-refractivity contribution in [2.24, 2.45) is 0 Å². The first-order chi connectivity index (χ1) is 6.59. The van der Waals surface area contributed by atoms with Crippen LogP contribution in [0.5, 0.6) is 0 Å². The fourth-order valence-corrected chi connectivity index (χ4v) is 1.64. The molecule has 4 nitrogen and oxygen atoms in total. The Kier molecular flexibility index (Phi) is 1.93. The van der Waals surface area contributed by atoms with Crippen molar-refractivity contribution in [3.05, 3.63) is 34.7 Å². The van der Waals surface area contributed by atoms with Gasteiger partial charge in [-0.2, -0.15) is 0 Å². The molecule has 72 valence electrons. The summed E-state index contributed by atoms with van der Waals surface area (Å²) in [7, 11) is 0. The van der Waals surface area contributed by atoms with Gasteiger partial charge in [-0.05, 0) is 18.6 Å². The van der Waals surface area contributed by atoms with Gasteiger partial charge in [-0.25, -0.2) is 9.78 Å². The number of hydrogen-bond donors (Lipinski definition) is 1. The van der Waals surface area contributed by atoms with Crippen molar-refractivity contribution in [3.63, 3.8) is 0 Å². The number of hydrogen-bond acceptors (Lipinski definition) is 2. The molecular formula is C9H7ClN2O2. The molecule has 5 heteroatoms. The van der Waals surface area contributed by atoms with Gasteiger partial charge in [-0.3, -0.25) is 4.40 Å². The van der Waals surface area contributed by atoms with Crippen molar-refractivity contribution in [1.29, 1.82) is 0 Å². The van der Waals surface area contributed by atoms with Gasteiger partial charge in [-0.15, -0.1) is 0 Å². The summed E-state index contributed by atoms with van der Waals surface area (Å²) >= 11 is 5.90. The largest absolute Gasteiger partial charge is 0.477 e. The van der Waals surface area contributed by atoms with Crippen LogP contribution in [-0.4, -0.2) is 20.5 Å². The number of rotatable bonds is 1. The number of carbonyl (C=O) groups is 1. The maximum absolute atomic E-state index is 10.8. The van der Waals surface area contributed by atoms with E-state index in [0.29, 0.717) is 10.7 Å². The van der Waals surface area contributed by atoms with Crippen molar-refractivity contribution < 1.29 is 9.90 Å². The van der Waals surface area contributed by atoms with Crippen LogP contribution in [0.3, 0.4) is 0 Å². The standard InChI is InChI=1S/C9H7ClN2O2/c1-5-2-6(10)8-11-3-7(9(13)14)12(8)4-5/h2-4H,1H3,(H,13,14). The first-order valence-electron chi connectivity index (χ1n) is 3.96. The van der Waals surface area contributed by atoms with Crippen LogP contribution < -0.4 is 0 Å². The molecule has 0 unspecified atom stereocenters. The molecule has 0 aromatic carbocycles. The van der Waals surface area contributed by atoms with Crippen molar-refractivity contribution in [1.82, 2.24) is 9.38 Å². The monoisotopic (exact) mass is 210 g/mol. The first kappa shape index (κ1) is 9.02. The van der Waals surface area contributed by atoms with Crippen LogP contribution in [0.4, 0.5) is 0 Å². The number of fused-ring (bicyclic) bond motifs is 1. The SMILES string of the molecule is Cc1cc(Cl)c2ncc(C(=O)O)n2c1. The lowest BCUT2D eigenvalue weighted by Crippen LogP contribution is -2.01. The third-order valence-electron chi connectivity index (χ3n) is 1.92. The molecule has 0 aliphatic rings. The zero-order valence-electron chi connectivity index (χ0n) is 7.36. The fourth-order valence-electron chi connectivity index (χ4n) is 1.33. The number of carboxylic acids is 1. The minimum atomic E-state index is -1.01. The van der Waals surface area contributed by atoms with Crippen molar-refractivity contribution in [2.75, 3.05) is 0 Å². The van der Waals surface area contributed by atoms with Crippen LogP contribution in [0.2, 0.25) is 5.02 Å². The number of imidazole rings is 1. The lowest BCUT2D eigenvalue weighted by atomic mass is 10.3. The molecule has 14 heavy (non-hydrogen) atoms. The quantitative estimate of drug-likeness (QED) is 0.783. The van der Waals surface area contributed by atoms with Crippen molar-refractivity contribution >= 4 is 23.2 Å². The molecule has 0 aliphatic heterocycles. The van der Waals surface area contributed by atoms with E-state index in [4.69, 9.17) is 16.7 Å². The topological polar surface area (TPSA) is 54.6 Å². The predicted molar refractivity (Wildman–Crippen MR) is 51.9 cm³/mol. The van der Waals surface area contributed by atoms with Gasteiger partial charge in [0.15, 0.2) is 11.3 Å². The van der Waals surface area contributed by atoms with E-state index in [1.54, 1.807) is 12.3 Å². The summed E-state index contributed by atoms with van der Waals surface area (Å²) in [4.78, 5) is 14.7. The maximum Gasteiger partial charge on any atom is 0.354 e. The van der Waals surface area contributed by atoms with Gasteiger partial charge < -0.3 is 5.11 Å². The number of aryl methyl sites for hydroxylation is 1. The van der Waals surface area contributed by atoms with E-state index in [2.05, 4.69) is 4.98 Å². The molecule has 2 aromatic heterocycles. The van der Waals surface area contributed by atoms with Crippen LogP contribution in [0.25, 0.3) is 5.65 Å². The number of aromatic nitrogens is 2. The van der Waals surface area contributed by atoms with E-state index in [1.807, 2.05) is 6.92 Å². The second kappa shape index (κ2) is 2.99.